The van der Waals surface area contributed by atoms with Crippen molar-refractivity contribution in [2.75, 3.05) is 0 Å². The van der Waals surface area contributed by atoms with Crippen molar-refractivity contribution >= 4 is 65.6 Å². The van der Waals surface area contributed by atoms with Crippen molar-refractivity contribution in [1.29, 1.82) is 0 Å². The van der Waals surface area contributed by atoms with Gasteiger partial charge in [0.25, 0.3) is 0 Å². The molecule has 0 saturated heterocycles. The molecular weight excluding hydrogens is 687 g/mol. The summed E-state index contributed by atoms with van der Waals surface area (Å²) >= 11 is 0. The molecule has 0 unspecified atom stereocenters. The number of benzene rings is 8. The highest BCUT2D eigenvalue weighted by Gasteiger charge is 2.22. The summed E-state index contributed by atoms with van der Waals surface area (Å²) in [4.78, 5) is 5.16. The number of para-hydroxylation sites is 4. The molecule has 8 aromatic carbocycles. The standard InChI is InChI=1S/C50H31N5O/c1-3-15-32(16-4-1)49-51-50(33-17-5-2-6-18-33)55(52-49)44-27-14-24-39-36-21-7-11-26-43(36)54(48(39)44)35-20-13-19-34(29-35)53-42-25-10-8-22-37(42)40-30-41-38-23-9-12-28-46(38)56-47(41)31-45(40)53/h1-31H. The van der Waals surface area contributed by atoms with E-state index in [1.165, 1.54) is 16.2 Å². The summed E-state index contributed by atoms with van der Waals surface area (Å²) in [6.45, 7) is 0. The third kappa shape index (κ3) is 4.50. The van der Waals surface area contributed by atoms with Gasteiger partial charge in [-0.05, 0) is 48.5 Å². The average Bonchev–Trinajstić information content (AvgIpc) is 4.03. The molecule has 12 rings (SSSR count). The molecule has 4 aromatic heterocycles. The van der Waals surface area contributed by atoms with Crippen molar-refractivity contribution in [3.05, 3.63) is 188 Å². The van der Waals surface area contributed by atoms with Crippen molar-refractivity contribution in [3.63, 3.8) is 0 Å². The molecule has 4 heterocycles. The highest BCUT2D eigenvalue weighted by atomic mass is 16.3. The van der Waals surface area contributed by atoms with Crippen molar-refractivity contribution in [1.82, 2.24) is 23.9 Å². The lowest BCUT2D eigenvalue weighted by Crippen LogP contribution is -2.04. The molecular formula is C50H31N5O. The number of hydrogen-bond donors (Lipinski definition) is 0. The number of aromatic nitrogens is 5. The van der Waals surface area contributed by atoms with Gasteiger partial charge in [-0.1, -0.05) is 133 Å². The topological polar surface area (TPSA) is 53.7 Å². The molecule has 0 bridgehead atoms. The number of fused-ring (bicyclic) bond motifs is 9. The Morgan fingerprint density at radius 1 is 0.393 bits per heavy atom. The smallest absolute Gasteiger partial charge is 0.182 e. The van der Waals surface area contributed by atoms with Gasteiger partial charge < -0.3 is 13.6 Å². The van der Waals surface area contributed by atoms with Gasteiger partial charge in [0.15, 0.2) is 11.6 Å². The highest BCUT2D eigenvalue weighted by molar-refractivity contribution is 6.17. The summed E-state index contributed by atoms with van der Waals surface area (Å²) in [6, 6.07) is 66.0. The summed E-state index contributed by atoms with van der Waals surface area (Å²) in [7, 11) is 0. The summed E-state index contributed by atoms with van der Waals surface area (Å²) in [5.41, 5.74) is 11.2. The molecule has 0 aliphatic carbocycles. The van der Waals surface area contributed by atoms with Gasteiger partial charge in [-0.25, -0.2) is 9.67 Å². The summed E-state index contributed by atoms with van der Waals surface area (Å²) in [5, 5.41) is 12.2. The van der Waals surface area contributed by atoms with E-state index >= 15 is 0 Å². The molecule has 0 aliphatic rings. The molecule has 12 aromatic rings. The highest BCUT2D eigenvalue weighted by Crippen LogP contribution is 2.40. The molecule has 56 heavy (non-hydrogen) atoms. The van der Waals surface area contributed by atoms with Crippen molar-refractivity contribution in [2.45, 2.75) is 0 Å². The maximum absolute atomic E-state index is 6.42. The molecule has 0 fully saturated rings. The van der Waals surface area contributed by atoms with Gasteiger partial charge in [0, 0.05) is 60.9 Å². The van der Waals surface area contributed by atoms with E-state index in [9.17, 15) is 0 Å². The van der Waals surface area contributed by atoms with E-state index in [1.807, 2.05) is 53.2 Å². The first kappa shape index (κ1) is 30.7. The lowest BCUT2D eigenvalue weighted by molar-refractivity contribution is 0.669. The van der Waals surface area contributed by atoms with Crippen LogP contribution >= 0.6 is 0 Å². The normalized spacial score (nSPS) is 11.9. The van der Waals surface area contributed by atoms with Gasteiger partial charge in [-0.2, -0.15) is 0 Å². The largest absolute Gasteiger partial charge is 0.456 e. The molecule has 0 aliphatic heterocycles. The van der Waals surface area contributed by atoms with E-state index in [0.29, 0.717) is 5.82 Å². The second-order valence-electron chi connectivity index (χ2n) is 14.3. The fourth-order valence-corrected chi connectivity index (χ4v) is 8.64. The van der Waals surface area contributed by atoms with Crippen LogP contribution in [0.15, 0.2) is 192 Å². The second-order valence-corrected chi connectivity index (χ2v) is 14.3. The Hall–Kier alpha value is -7.70. The van der Waals surface area contributed by atoms with E-state index in [2.05, 4.69) is 149 Å². The van der Waals surface area contributed by atoms with E-state index in [1.54, 1.807) is 0 Å². The van der Waals surface area contributed by atoms with Gasteiger partial charge in [-0.3, -0.25) is 0 Å². The predicted molar refractivity (Wildman–Crippen MR) is 228 cm³/mol. The maximum atomic E-state index is 6.42. The van der Waals surface area contributed by atoms with Gasteiger partial charge in [0.1, 0.15) is 11.2 Å². The van der Waals surface area contributed by atoms with Crippen LogP contribution in [0.2, 0.25) is 0 Å². The fraction of sp³-hybridized carbons (Fsp3) is 0. The third-order valence-electron chi connectivity index (χ3n) is 11.1. The first-order chi connectivity index (χ1) is 27.8. The number of nitrogens with zero attached hydrogens (tertiary/aromatic N) is 5. The molecule has 0 atom stereocenters. The second kappa shape index (κ2) is 11.9. The van der Waals surface area contributed by atoms with Crippen LogP contribution in [0.25, 0.3) is 105 Å². The minimum atomic E-state index is 0.677. The summed E-state index contributed by atoms with van der Waals surface area (Å²) < 4.78 is 13.2. The van der Waals surface area contributed by atoms with Crippen LogP contribution in [0.1, 0.15) is 0 Å². The van der Waals surface area contributed by atoms with E-state index in [0.717, 1.165) is 83.4 Å². The summed E-state index contributed by atoms with van der Waals surface area (Å²) in [6.07, 6.45) is 0. The first-order valence-corrected chi connectivity index (χ1v) is 18.8. The molecule has 0 N–H and O–H groups in total. The Morgan fingerprint density at radius 3 is 1.79 bits per heavy atom. The molecule has 6 nitrogen and oxygen atoms in total. The van der Waals surface area contributed by atoms with Crippen LogP contribution in [0.3, 0.4) is 0 Å². The van der Waals surface area contributed by atoms with Gasteiger partial charge in [-0.15, -0.1) is 5.10 Å². The van der Waals surface area contributed by atoms with Crippen LogP contribution in [-0.4, -0.2) is 23.9 Å². The fourth-order valence-electron chi connectivity index (χ4n) is 8.64. The van der Waals surface area contributed by atoms with E-state index in [4.69, 9.17) is 14.5 Å². The minimum absolute atomic E-state index is 0.677. The van der Waals surface area contributed by atoms with Crippen LogP contribution in [-0.2, 0) is 0 Å². The van der Waals surface area contributed by atoms with Gasteiger partial charge in [0.2, 0.25) is 0 Å². The Kier molecular flexibility index (Phi) is 6.53. The van der Waals surface area contributed by atoms with E-state index in [-0.39, 0.29) is 0 Å². The third-order valence-corrected chi connectivity index (χ3v) is 11.1. The lowest BCUT2D eigenvalue weighted by atomic mass is 10.1. The Balaban J connectivity index is 1.12. The quantitative estimate of drug-likeness (QED) is 0.178. The zero-order valence-corrected chi connectivity index (χ0v) is 30.0. The monoisotopic (exact) mass is 717 g/mol. The summed E-state index contributed by atoms with van der Waals surface area (Å²) in [5.74, 6) is 1.46. The van der Waals surface area contributed by atoms with Crippen LogP contribution in [0, 0.1) is 0 Å². The Bertz CT molecular complexity index is 3480. The molecule has 0 saturated carbocycles. The Morgan fingerprint density at radius 2 is 1.00 bits per heavy atom. The minimum Gasteiger partial charge on any atom is -0.456 e. The first-order valence-electron chi connectivity index (χ1n) is 18.8. The van der Waals surface area contributed by atoms with E-state index < -0.39 is 0 Å². The maximum Gasteiger partial charge on any atom is 0.182 e. The molecule has 0 spiro atoms. The van der Waals surface area contributed by atoms with Gasteiger partial charge in [0.05, 0.1) is 27.8 Å². The molecule has 0 amide bonds. The van der Waals surface area contributed by atoms with Crippen LogP contribution < -0.4 is 0 Å². The van der Waals surface area contributed by atoms with Crippen molar-refractivity contribution < 1.29 is 4.42 Å². The lowest BCUT2D eigenvalue weighted by Gasteiger charge is -2.15. The number of hydrogen-bond acceptors (Lipinski definition) is 3. The predicted octanol–water partition coefficient (Wildman–Crippen LogP) is 12.7. The SMILES string of the molecule is c1ccc(-c2nc(-c3ccccc3)n(-c3cccc4c5ccccc5n(-c5cccc(-n6c7ccccc7c7cc8c(cc76)oc6ccccc68)c5)c34)n2)cc1. The van der Waals surface area contributed by atoms with Crippen molar-refractivity contribution in [2.24, 2.45) is 0 Å². The molecule has 0 radical (unpaired) electrons. The zero-order chi connectivity index (χ0) is 36.7. The average molecular weight is 718 g/mol. The Labute approximate surface area is 320 Å². The van der Waals surface area contributed by atoms with Crippen LogP contribution in [0.5, 0.6) is 0 Å². The number of furan rings is 1. The van der Waals surface area contributed by atoms with Crippen molar-refractivity contribution in [3.8, 4) is 39.8 Å². The number of rotatable bonds is 5. The van der Waals surface area contributed by atoms with Crippen LogP contribution in [0.4, 0.5) is 0 Å². The zero-order valence-electron chi connectivity index (χ0n) is 30.0. The van der Waals surface area contributed by atoms with Gasteiger partial charge >= 0.3 is 0 Å². The molecule has 6 heteroatoms. The molecule has 262 valence electrons.